The molecule has 15 heteroatoms. The summed E-state index contributed by atoms with van der Waals surface area (Å²) in [7, 11) is 3.17. The average molecular weight is 911 g/mol. The number of methoxy groups -OCH3 is 1. The number of nitrogens with zero attached hydrogens (tertiary/aromatic N) is 5. The average Bonchev–Trinajstić information content (AvgIpc) is 3.92. The van der Waals surface area contributed by atoms with Crippen LogP contribution >= 0.6 is 38.9 Å². The van der Waals surface area contributed by atoms with Crippen LogP contribution in [0.5, 0.6) is 11.5 Å². The van der Waals surface area contributed by atoms with Crippen LogP contribution < -0.4 is 19.4 Å². The fraction of sp³-hybridized carbons (Fsp3) is 0.356. The van der Waals surface area contributed by atoms with Crippen molar-refractivity contribution in [3.63, 3.8) is 0 Å². The molecule has 5 heterocycles. The summed E-state index contributed by atoms with van der Waals surface area (Å²) in [5.41, 5.74) is 3.27. The molecule has 6 atom stereocenters. The number of anilines is 3. The van der Waals surface area contributed by atoms with E-state index in [9.17, 15) is 14.7 Å². The lowest BCUT2D eigenvalue weighted by Crippen LogP contribution is -2.49. The van der Waals surface area contributed by atoms with E-state index in [4.69, 9.17) is 26.2 Å². The first-order valence-electron chi connectivity index (χ1n) is 20.0. The van der Waals surface area contributed by atoms with E-state index in [0.717, 1.165) is 44.9 Å². The van der Waals surface area contributed by atoms with Gasteiger partial charge >= 0.3 is 0 Å². The van der Waals surface area contributed by atoms with Gasteiger partial charge in [0.25, 0.3) is 0 Å². The number of morpholine rings is 1. The molecule has 12 nitrogen and oxygen atoms in total. The number of thiophene rings is 1. The number of allylic oxidation sites excluding steroid dienone is 2. The van der Waals surface area contributed by atoms with Crippen molar-refractivity contribution >= 4 is 89.8 Å². The molecular formula is C45H41BrClN5O7S. The number of imide groups is 2. The molecule has 4 fully saturated rings. The fourth-order valence-electron chi connectivity index (χ4n) is 10.6. The molecule has 2 aromatic heterocycles. The van der Waals surface area contributed by atoms with Gasteiger partial charge in [0.05, 0.1) is 58.5 Å². The minimum Gasteiger partial charge on any atom is -0.503 e. The van der Waals surface area contributed by atoms with E-state index in [1.54, 1.807) is 41.3 Å². The topological polar surface area (TPSA) is 135 Å². The maximum atomic E-state index is 15.3. The van der Waals surface area contributed by atoms with Crippen molar-refractivity contribution in [1.82, 2.24) is 9.78 Å². The SMILES string of the molecule is COc1cc(C2C3=CCC4C(=O)N(c5ccc(N6CCOCC6)cc5)C(=O)C4C3CC3C(=O)N(c4cc(-c5sc6ccc(Cl)cc6c5C)nn4C)C(=O)C32C)cc(Br)c1O. The molecule has 3 aliphatic heterocycles. The molecule has 0 radical (unpaired) electrons. The van der Waals surface area contributed by atoms with Gasteiger partial charge in [-0.1, -0.05) is 23.3 Å². The zero-order valence-electron chi connectivity index (χ0n) is 33.3. The molecular weight excluding hydrogens is 870 g/mol. The second-order valence-corrected chi connectivity index (χ2v) is 18.9. The second-order valence-electron chi connectivity index (χ2n) is 16.6. The van der Waals surface area contributed by atoms with Gasteiger partial charge in [-0.25, -0.2) is 4.90 Å². The van der Waals surface area contributed by atoms with Crippen LogP contribution in [0.3, 0.4) is 0 Å². The largest absolute Gasteiger partial charge is 0.503 e. The summed E-state index contributed by atoms with van der Waals surface area (Å²) in [6, 6.07) is 18.5. The number of hydrogen-bond acceptors (Lipinski definition) is 10. The van der Waals surface area contributed by atoms with Crippen molar-refractivity contribution < 1.29 is 33.8 Å². The van der Waals surface area contributed by atoms with E-state index < -0.39 is 40.9 Å². The smallest absolute Gasteiger partial charge is 0.242 e. The number of phenols is 1. The number of aromatic hydroxyl groups is 1. The number of rotatable bonds is 6. The van der Waals surface area contributed by atoms with Crippen LogP contribution in [-0.4, -0.2) is 71.9 Å². The summed E-state index contributed by atoms with van der Waals surface area (Å²) in [6.07, 6.45) is 2.51. The number of carbonyl (C=O) groups is 4. The first-order chi connectivity index (χ1) is 28.8. The van der Waals surface area contributed by atoms with E-state index in [1.165, 1.54) is 16.9 Å². The zero-order valence-corrected chi connectivity index (χ0v) is 36.4. The predicted octanol–water partition coefficient (Wildman–Crippen LogP) is 8.01. The van der Waals surface area contributed by atoms with Crippen molar-refractivity contribution in [3.8, 4) is 22.1 Å². The molecule has 5 aliphatic rings. The van der Waals surface area contributed by atoms with Crippen LogP contribution in [-0.2, 0) is 31.0 Å². The van der Waals surface area contributed by atoms with Gasteiger partial charge in [0.1, 0.15) is 11.5 Å². The number of hydrogen-bond donors (Lipinski definition) is 1. The highest BCUT2D eigenvalue weighted by Crippen LogP contribution is 2.64. The Morgan fingerprint density at radius 3 is 2.42 bits per heavy atom. The minimum absolute atomic E-state index is 0.100. The molecule has 0 spiro atoms. The standard InChI is InChI=1S/C45H41BrClN5O7S/c1-22-29-19-24(47)5-12-35(29)60-40(22)33-21-36(49(3)48-33)52-42(55)31-20-30-27(38(45(31,2)44(52)57)23-17-32(46)39(53)34(18-23)58-4)10-11-28-37(30)43(56)51(41(28)54)26-8-6-25(7-9-26)50-13-15-59-16-14-50/h5-10,12,17-19,21,28,30-31,37-38,53H,11,13-16,20H2,1-4H3. The number of aromatic nitrogens is 2. The number of phenolic OH excluding ortho intramolecular Hbond substituents is 1. The van der Waals surface area contributed by atoms with Gasteiger partial charge in [-0.15, -0.1) is 11.3 Å². The van der Waals surface area contributed by atoms with Gasteiger partial charge in [-0.3, -0.25) is 28.8 Å². The lowest BCUT2D eigenvalue weighted by molar-refractivity contribution is -0.131. The second kappa shape index (κ2) is 14.3. The maximum absolute atomic E-state index is 15.3. The molecule has 4 amide bonds. The van der Waals surface area contributed by atoms with E-state index in [0.29, 0.717) is 51.9 Å². The highest BCUT2D eigenvalue weighted by molar-refractivity contribution is 9.10. The third kappa shape index (κ3) is 5.66. The molecule has 60 heavy (non-hydrogen) atoms. The van der Waals surface area contributed by atoms with Gasteiger partial charge in [0, 0.05) is 47.5 Å². The lowest BCUT2D eigenvalue weighted by Gasteiger charge is -2.49. The lowest BCUT2D eigenvalue weighted by atomic mass is 9.51. The Morgan fingerprint density at radius 1 is 0.950 bits per heavy atom. The van der Waals surface area contributed by atoms with Gasteiger partial charge in [-0.05, 0) is 120 Å². The number of halogens is 2. The van der Waals surface area contributed by atoms with Crippen LogP contribution in [0.1, 0.15) is 36.8 Å². The minimum atomic E-state index is -1.32. The Hall–Kier alpha value is -5.02. The van der Waals surface area contributed by atoms with Crippen molar-refractivity contribution in [3.05, 3.63) is 92.9 Å². The monoisotopic (exact) mass is 909 g/mol. The molecule has 3 aromatic carbocycles. The third-order valence-corrected chi connectivity index (χ3v) is 15.7. The number of fused-ring (bicyclic) bond motifs is 5. The van der Waals surface area contributed by atoms with Crippen molar-refractivity contribution in [2.45, 2.75) is 32.6 Å². The third-order valence-electron chi connectivity index (χ3n) is 13.6. The molecule has 2 aliphatic carbocycles. The first kappa shape index (κ1) is 39.1. The fourth-order valence-corrected chi connectivity index (χ4v) is 12.4. The normalized spacial score (nSPS) is 26.5. The summed E-state index contributed by atoms with van der Waals surface area (Å²) in [6.45, 7) is 6.63. The van der Waals surface area contributed by atoms with E-state index in [-0.39, 0.29) is 35.6 Å². The van der Waals surface area contributed by atoms with E-state index in [1.807, 2.05) is 62.4 Å². The predicted molar refractivity (Wildman–Crippen MR) is 233 cm³/mol. The number of benzene rings is 3. The quantitative estimate of drug-likeness (QED) is 0.133. The molecule has 1 saturated carbocycles. The molecule has 10 rings (SSSR count). The molecule has 6 unspecified atom stereocenters. The van der Waals surface area contributed by atoms with Crippen LogP contribution in [0.15, 0.2) is 76.8 Å². The van der Waals surface area contributed by atoms with Crippen molar-refractivity contribution in [2.75, 3.05) is 48.1 Å². The Labute approximate surface area is 363 Å². The molecule has 3 saturated heterocycles. The zero-order chi connectivity index (χ0) is 41.9. The Bertz CT molecular complexity index is 2710. The number of carbonyl (C=O) groups excluding carboxylic acids is 4. The highest BCUT2D eigenvalue weighted by Gasteiger charge is 2.68. The summed E-state index contributed by atoms with van der Waals surface area (Å²) in [5, 5.41) is 17.4. The van der Waals surface area contributed by atoms with E-state index >= 15 is 9.59 Å². The first-order valence-corrected chi connectivity index (χ1v) is 22.0. The van der Waals surface area contributed by atoms with Crippen molar-refractivity contribution in [1.29, 1.82) is 0 Å². The van der Waals surface area contributed by atoms with Crippen LogP contribution in [0, 0.1) is 36.0 Å². The van der Waals surface area contributed by atoms with Gasteiger partial charge in [-0.2, -0.15) is 5.10 Å². The van der Waals surface area contributed by atoms with Crippen LogP contribution in [0.2, 0.25) is 5.02 Å². The summed E-state index contributed by atoms with van der Waals surface area (Å²) < 4.78 is 14.1. The molecule has 0 bridgehead atoms. The summed E-state index contributed by atoms with van der Waals surface area (Å²) in [5.74, 6) is -4.38. The Balaban J connectivity index is 1.05. The number of ether oxygens (including phenoxy) is 2. The maximum Gasteiger partial charge on any atom is 0.242 e. The summed E-state index contributed by atoms with van der Waals surface area (Å²) in [4.78, 5) is 65.1. The number of amides is 4. The number of aryl methyl sites for hydroxylation is 2. The van der Waals surface area contributed by atoms with Crippen LogP contribution in [0.25, 0.3) is 20.7 Å². The molecule has 308 valence electrons. The molecule has 1 N–H and O–H groups in total. The molecule has 5 aromatic rings. The Morgan fingerprint density at radius 2 is 1.68 bits per heavy atom. The summed E-state index contributed by atoms with van der Waals surface area (Å²) >= 11 is 11.4. The van der Waals surface area contributed by atoms with Crippen LogP contribution in [0.4, 0.5) is 17.2 Å². The van der Waals surface area contributed by atoms with Gasteiger partial charge < -0.3 is 19.5 Å². The van der Waals surface area contributed by atoms with Crippen molar-refractivity contribution in [2.24, 2.45) is 36.1 Å². The Kier molecular flexibility index (Phi) is 9.32. The highest BCUT2D eigenvalue weighted by atomic mass is 79.9. The van der Waals surface area contributed by atoms with Gasteiger partial charge in [0.2, 0.25) is 23.6 Å². The van der Waals surface area contributed by atoms with E-state index in [2.05, 4.69) is 20.8 Å². The van der Waals surface area contributed by atoms with Gasteiger partial charge in [0.15, 0.2) is 11.5 Å².